The lowest BCUT2D eigenvalue weighted by atomic mass is 10.1. The van der Waals surface area contributed by atoms with E-state index in [1.54, 1.807) is 13.8 Å². The Kier molecular flexibility index (Phi) is 5.72. The quantitative estimate of drug-likeness (QED) is 0.351. The lowest BCUT2D eigenvalue weighted by Crippen LogP contribution is -2.16. The second kappa shape index (κ2) is 7.43. The summed E-state index contributed by atoms with van der Waals surface area (Å²) in [6, 6.07) is 3.69. The molecule has 1 amide bonds. The summed E-state index contributed by atoms with van der Waals surface area (Å²) < 4.78 is 66.4. The van der Waals surface area contributed by atoms with Crippen molar-refractivity contribution in [3.63, 3.8) is 0 Å². The Balaban J connectivity index is 2.17. The van der Waals surface area contributed by atoms with E-state index >= 15 is 0 Å². The van der Waals surface area contributed by atoms with Gasteiger partial charge in [0.2, 0.25) is 11.7 Å². The minimum absolute atomic E-state index is 0.244. The Hall–Kier alpha value is -2.09. The highest BCUT2D eigenvalue weighted by Gasteiger charge is 2.26. The molecule has 0 aromatic heterocycles. The number of anilines is 1. The number of rotatable bonds is 4. The van der Waals surface area contributed by atoms with Crippen molar-refractivity contribution in [2.45, 2.75) is 25.7 Å². The maximum Gasteiger partial charge on any atom is 0.234 e. The predicted octanol–water partition coefficient (Wildman–Crippen LogP) is 5.04. The van der Waals surface area contributed by atoms with Crippen LogP contribution in [0, 0.1) is 49.9 Å². The standard InChI is InChI=1S/C17H14F5NOS/c1-7-4-8(2)16(9(3)5-7)23-10(24)6-25-17-14(21)12(19)11(18)13(20)15(17)22/h4-5H,6H2,1-3H3,(H,23,24). The van der Waals surface area contributed by atoms with Crippen LogP contribution in [-0.2, 0) is 4.79 Å². The van der Waals surface area contributed by atoms with Crippen LogP contribution in [0.5, 0.6) is 0 Å². The molecular weight excluding hydrogens is 361 g/mol. The third-order valence-electron chi connectivity index (χ3n) is 3.46. The predicted molar refractivity (Wildman–Crippen MR) is 86.2 cm³/mol. The van der Waals surface area contributed by atoms with Crippen LogP contribution in [0.15, 0.2) is 17.0 Å². The van der Waals surface area contributed by atoms with Crippen molar-refractivity contribution in [2.24, 2.45) is 0 Å². The van der Waals surface area contributed by atoms with Crippen LogP contribution in [0.25, 0.3) is 0 Å². The average Bonchev–Trinajstić information content (AvgIpc) is 2.54. The minimum atomic E-state index is -2.23. The summed E-state index contributed by atoms with van der Waals surface area (Å²) in [5.41, 5.74) is 3.15. The first-order valence-corrected chi connectivity index (χ1v) is 8.14. The molecule has 2 rings (SSSR count). The minimum Gasteiger partial charge on any atom is -0.325 e. The van der Waals surface area contributed by atoms with Gasteiger partial charge in [-0.15, -0.1) is 11.8 Å². The number of aryl methyl sites for hydroxylation is 3. The lowest BCUT2D eigenvalue weighted by molar-refractivity contribution is -0.113. The fourth-order valence-electron chi connectivity index (χ4n) is 2.40. The van der Waals surface area contributed by atoms with Gasteiger partial charge in [0, 0.05) is 5.69 Å². The van der Waals surface area contributed by atoms with E-state index in [0.717, 1.165) is 16.7 Å². The van der Waals surface area contributed by atoms with Crippen molar-refractivity contribution in [1.29, 1.82) is 0 Å². The van der Waals surface area contributed by atoms with Gasteiger partial charge in [0.25, 0.3) is 0 Å². The molecule has 0 unspecified atom stereocenters. The molecule has 0 radical (unpaired) electrons. The fourth-order valence-corrected chi connectivity index (χ4v) is 3.18. The van der Waals surface area contributed by atoms with E-state index < -0.39 is 45.6 Å². The van der Waals surface area contributed by atoms with Gasteiger partial charge in [0.05, 0.1) is 10.6 Å². The number of thioether (sulfide) groups is 1. The summed E-state index contributed by atoms with van der Waals surface area (Å²) in [7, 11) is 0. The molecule has 2 nitrogen and oxygen atoms in total. The van der Waals surface area contributed by atoms with Gasteiger partial charge in [0.15, 0.2) is 23.3 Å². The highest BCUT2D eigenvalue weighted by atomic mass is 32.2. The molecule has 2 aromatic rings. The molecule has 0 bridgehead atoms. The third-order valence-corrected chi connectivity index (χ3v) is 4.51. The number of hydrogen-bond donors (Lipinski definition) is 1. The van der Waals surface area contributed by atoms with E-state index in [1.165, 1.54) is 0 Å². The Morgan fingerprint density at radius 3 is 1.80 bits per heavy atom. The summed E-state index contributed by atoms with van der Waals surface area (Å²) in [4.78, 5) is 10.9. The normalized spacial score (nSPS) is 10.9. The number of benzene rings is 2. The van der Waals surface area contributed by atoms with E-state index in [-0.39, 0.29) is 11.8 Å². The molecule has 0 atom stereocenters. The van der Waals surface area contributed by atoms with Gasteiger partial charge in [0.1, 0.15) is 0 Å². The van der Waals surface area contributed by atoms with Crippen molar-refractivity contribution < 1.29 is 26.7 Å². The van der Waals surface area contributed by atoms with Crippen LogP contribution in [0.4, 0.5) is 27.6 Å². The van der Waals surface area contributed by atoms with Gasteiger partial charge >= 0.3 is 0 Å². The molecule has 0 saturated heterocycles. The Labute approximate surface area is 145 Å². The van der Waals surface area contributed by atoms with Crippen molar-refractivity contribution in [2.75, 3.05) is 11.1 Å². The number of carbonyl (C=O) groups is 1. The summed E-state index contributed by atoms with van der Waals surface area (Å²) in [5, 5.41) is 2.59. The van der Waals surface area contributed by atoms with Gasteiger partial charge < -0.3 is 5.32 Å². The molecule has 0 spiro atoms. The van der Waals surface area contributed by atoms with Crippen molar-refractivity contribution in [3.8, 4) is 0 Å². The molecule has 2 aromatic carbocycles. The number of nitrogens with one attached hydrogen (secondary N) is 1. The molecule has 134 valence electrons. The maximum atomic E-state index is 13.6. The van der Waals surface area contributed by atoms with E-state index in [1.807, 2.05) is 19.1 Å². The zero-order valence-corrected chi connectivity index (χ0v) is 14.4. The van der Waals surface area contributed by atoms with E-state index in [0.29, 0.717) is 5.69 Å². The van der Waals surface area contributed by atoms with Crippen molar-refractivity contribution in [3.05, 3.63) is 57.9 Å². The monoisotopic (exact) mass is 375 g/mol. The first-order valence-electron chi connectivity index (χ1n) is 7.15. The Bertz CT molecular complexity index is 801. The summed E-state index contributed by atoms with van der Waals surface area (Å²) in [6.45, 7) is 5.46. The maximum absolute atomic E-state index is 13.6. The molecular formula is C17H14F5NOS. The van der Waals surface area contributed by atoms with Crippen molar-refractivity contribution >= 4 is 23.4 Å². The Morgan fingerprint density at radius 1 is 0.880 bits per heavy atom. The van der Waals surface area contributed by atoms with E-state index in [4.69, 9.17) is 0 Å². The molecule has 0 fully saturated rings. The Morgan fingerprint density at radius 2 is 1.32 bits per heavy atom. The van der Waals surface area contributed by atoms with E-state index in [9.17, 15) is 26.7 Å². The van der Waals surface area contributed by atoms with Crippen LogP contribution in [-0.4, -0.2) is 11.7 Å². The number of hydrogen-bond acceptors (Lipinski definition) is 2. The number of carbonyl (C=O) groups excluding carboxylic acids is 1. The second-order valence-electron chi connectivity index (χ2n) is 5.51. The van der Waals surface area contributed by atoms with Crippen LogP contribution in [0.2, 0.25) is 0 Å². The summed E-state index contributed by atoms with van der Waals surface area (Å²) in [5.74, 6) is -11.3. The topological polar surface area (TPSA) is 29.1 Å². The van der Waals surface area contributed by atoms with Gasteiger partial charge in [-0.3, -0.25) is 4.79 Å². The van der Waals surface area contributed by atoms with Gasteiger partial charge in [-0.05, 0) is 31.9 Å². The highest BCUT2D eigenvalue weighted by molar-refractivity contribution is 8.00. The molecule has 0 aliphatic heterocycles. The molecule has 25 heavy (non-hydrogen) atoms. The average molecular weight is 375 g/mol. The van der Waals surface area contributed by atoms with Gasteiger partial charge in [-0.25, -0.2) is 22.0 Å². The molecule has 0 heterocycles. The lowest BCUT2D eigenvalue weighted by Gasteiger charge is -2.13. The van der Waals surface area contributed by atoms with Crippen LogP contribution in [0.3, 0.4) is 0 Å². The fraction of sp³-hybridized carbons (Fsp3) is 0.235. The van der Waals surface area contributed by atoms with Gasteiger partial charge in [-0.2, -0.15) is 0 Å². The number of halogens is 5. The molecule has 1 N–H and O–H groups in total. The van der Waals surface area contributed by atoms with Crippen molar-refractivity contribution in [1.82, 2.24) is 0 Å². The highest BCUT2D eigenvalue weighted by Crippen LogP contribution is 2.31. The summed E-state index contributed by atoms with van der Waals surface area (Å²) >= 11 is 0.244. The first kappa shape index (κ1) is 19.2. The smallest absolute Gasteiger partial charge is 0.234 e. The largest absolute Gasteiger partial charge is 0.325 e. The zero-order valence-electron chi connectivity index (χ0n) is 13.6. The molecule has 0 aliphatic carbocycles. The van der Waals surface area contributed by atoms with Crippen LogP contribution < -0.4 is 5.32 Å². The third kappa shape index (κ3) is 3.95. The SMILES string of the molecule is Cc1cc(C)c(NC(=O)CSc2c(F)c(F)c(F)c(F)c2F)c(C)c1. The molecule has 0 saturated carbocycles. The molecule has 0 aliphatic rings. The van der Waals surface area contributed by atoms with Crippen LogP contribution in [0.1, 0.15) is 16.7 Å². The van der Waals surface area contributed by atoms with Crippen LogP contribution >= 0.6 is 11.8 Å². The zero-order chi connectivity index (χ0) is 18.9. The van der Waals surface area contributed by atoms with Gasteiger partial charge in [-0.1, -0.05) is 17.7 Å². The number of amides is 1. The second-order valence-corrected chi connectivity index (χ2v) is 6.50. The summed E-state index contributed by atoms with van der Waals surface area (Å²) in [6.07, 6.45) is 0. The molecule has 8 heteroatoms. The first-order chi connectivity index (χ1) is 11.6. The van der Waals surface area contributed by atoms with E-state index in [2.05, 4.69) is 5.32 Å².